The number of aromatic amines is 1. The lowest BCUT2D eigenvalue weighted by molar-refractivity contribution is 0.0140. The standard InChI is InChI=1S/C18H25N3/c1-12(2)18-11-21-10-17-15(8-13(21)9-20(18)3)14-6-4-5-7-16(14)19-17/h4-7,12-13,18-19H,8-11H2,1-3H3. The number of benzene rings is 1. The number of hydrogen-bond acceptors (Lipinski definition) is 2. The quantitative estimate of drug-likeness (QED) is 0.869. The third kappa shape index (κ3) is 2.11. The molecule has 112 valence electrons. The second-order valence-corrected chi connectivity index (χ2v) is 7.17. The van der Waals surface area contributed by atoms with Crippen molar-refractivity contribution < 1.29 is 0 Å². The van der Waals surface area contributed by atoms with Gasteiger partial charge < -0.3 is 9.88 Å². The smallest absolute Gasteiger partial charge is 0.0459 e. The SMILES string of the molecule is CC(C)C1CN2Cc3[nH]c4ccccc4c3CC2CN1C. The van der Waals surface area contributed by atoms with Gasteiger partial charge in [-0.3, -0.25) is 4.90 Å². The maximum Gasteiger partial charge on any atom is 0.0459 e. The maximum atomic E-state index is 3.65. The van der Waals surface area contributed by atoms with E-state index in [0.29, 0.717) is 12.1 Å². The third-order valence-electron chi connectivity index (χ3n) is 5.48. The van der Waals surface area contributed by atoms with Gasteiger partial charge in [-0.1, -0.05) is 32.0 Å². The molecule has 2 aliphatic rings. The Bertz CT molecular complexity index is 658. The summed E-state index contributed by atoms with van der Waals surface area (Å²) in [5.41, 5.74) is 4.30. The monoisotopic (exact) mass is 283 g/mol. The predicted molar refractivity (Wildman–Crippen MR) is 87.5 cm³/mol. The van der Waals surface area contributed by atoms with Crippen LogP contribution in [-0.4, -0.2) is 47.0 Å². The van der Waals surface area contributed by atoms with Crippen LogP contribution in [0, 0.1) is 5.92 Å². The average molecular weight is 283 g/mol. The van der Waals surface area contributed by atoms with E-state index in [-0.39, 0.29) is 0 Å². The van der Waals surface area contributed by atoms with Gasteiger partial charge in [-0.15, -0.1) is 0 Å². The highest BCUT2D eigenvalue weighted by Crippen LogP contribution is 2.33. The molecule has 0 saturated carbocycles. The van der Waals surface area contributed by atoms with Gasteiger partial charge in [0.25, 0.3) is 0 Å². The number of fused-ring (bicyclic) bond motifs is 4. The van der Waals surface area contributed by atoms with Crippen LogP contribution in [-0.2, 0) is 13.0 Å². The van der Waals surface area contributed by atoms with E-state index < -0.39 is 0 Å². The highest BCUT2D eigenvalue weighted by atomic mass is 15.3. The summed E-state index contributed by atoms with van der Waals surface area (Å²) >= 11 is 0. The van der Waals surface area contributed by atoms with Crippen LogP contribution in [0.2, 0.25) is 0 Å². The summed E-state index contributed by atoms with van der Waals surface area (Å²) in [5, 5.41) is 1.43. The molecule has 1 saturated heterocycles. The molecule has 3 heteroatoms. The number of piperazine rings is 1. The fraction of sp³-hybridized carbons (Fsp3) is 0.556. The number of para-hydroxylation sites is 1. The Morgan fingerprint density at radius 1 is 1.19 bits per heavy atom. The number of rotatable bonds is 1. The van der Waals surface area contributed by atoms with Crippen LogP contribution in [0.25, 0.3) is 10.9 Å². The molecular weight excluding hydrogens is 258 g/mol. The molecular formula is C18H25N3. The maximum absolute atomic E-state index is 3.65. The van der Waals surface area contributed by atoms with Crippen LogP contribution in [0.5, 0.6) is 0 Å². The molecule has 4 rings (SSSR count). The topological polar surface area (TPSA) is 22.3 Å². The largest absolute Gasteiger partial charge is 0.357 e. The summed E-state index contributed by atoms with van der Waals surface area (Å²) in [6.07, 6.45) is 1.19. The molecule has 0 radical (unpaired) electrons. The van der Waals surface area contributed by atoms with Gasteiger partial charge in [0.2, 0.25) is 0 Å². The number of hydrogen-bond donors (Lipinski definition) is 1. The predicted octanol–water partition coefficient (Wildman–Crippen LogP) is 2.86. The van der Waals surface area contributed by atoms with Crippen molar-refractivity contribution in [3.8, 4) is 0 Å². The highest BCUT2D eigenvalue weighted by Gasteiger charge is 2.37. The van der Waals surface area contributed by atoms with Crippen molar-refractivity contribution in [1.82, 2.24) is 14.8 Å². The summed E-state index contributed by atoms with van der Waals surface area (Å²) in [4.78, 5) is 8.92. The van der Waals surface area contributed by atoms with E-state index in [4.69, 9.17) is 0 Å². The van der Waals surface area contributed by atoms with E-state index in [2.05, 4.69) is 59.9 Å². The Balaban J connectivity index is 1.68. The summed E-state index contributed by atoms with van der Waals surface area (Å²) in [6, 6.07) is 10.1. The molecule has 1 N–H and O–H groups in total. The van der Waals surface area contributed by atoms with E-state index in [9.17, 15) is 0 Å². The number of nitrogens with zero attached hydrogens (tertiary/aromatic N) is 2. The van der Waals surface area contributed by atoms with Crippen molar-refractivity contribution in [3.05, 3.63) is 35.5 Å². The first-order valence-corrected chi connectivity index (χ1v) is 8.16. The molecule has 2 atom stereocenters. The Kier molecular flexibility index (Phi) is 3.09. The second kappa shape index (κ2) is 4.85. The zero-order valence-electron chi connectivity index (χ0n) is 13.3. The van der Waals surface area contributed by atoms with Gasteiger partial charge in [-0.05, 0) is 31.0 Å². The van der Waals surface area contributed by atoms with Crippen molar-refractivity contribution in [1.29, 1.82) is 0 Å². The fourth-order valence-corrected chi connectivity index (χ4v) is 4.28. The van der Waals surface area contributed by atoms with Gasteiger partial charge in [-0.2, -0.15) is 0 Å². The molecule has 0 aliphatic carbocycles. The van der Waals surface area contributed by atoms with Crippen molar-refractivity contribution in [2.45, 2.75) is 38.9 Å². The van der Waals surface area contributed by atoms with Gasteiger partial charge in [0.15, 0.2) is 0 Å². The van der Waals surface area contributed by atoms with Crippen LogP contribution >= 0.6 is 0 Å². The zero-order chi connectivity index (χ0) is 14.6. The summed E-state index contributed by atoms with van der Waals surface area (Å²) < 4.78 is 0. The van der Waals surface area contributed by atoms with Crippen molar-refractivity contribution in [2.75, 3.05) is 20.1 Å². The second-order valence-electron chi connectivity index (χ2n) is 7.17. The Labute approximate surface area is 126 Å². The molecule has 1 fully saturated rings. The summed E-state index contributed by atoms with van der Waals surface area (Å²) in [6.45, 7) is 8.18. The van der Waals surface area contributed by atoms with Crippen LogP contribution in [0.1, 0.15) is 25.1 Å². The molecule has 0 spiro atoms. The van der Waals surface area contributed by atoms with Crippen molar-refractivity contribution in [3.63, 3.8) is 0 Å². The number of H-pyrrole nitrogens is 1. The Hall–Kier alpha value is -1.32. The van der Waals surface area contributed by atoms with Gasteiger partial charge >= 0.3 is 0 Å². The molecule has 2 unspecified atom stereocenters. The third-order valence-corrected chi connectivity index (χ3v) is 5.48. The molecule has 21 heavy (non-hydrogen) atoms. The minimum absolute atomic E-state index is 0.678. The lowest BCUT2D eigenvalue weighted by atomic mass is 9.90. The Morgan fingerprint density at radius 3 is 2.81 bits per heavy atom. The van der Waals surface area contributed by atoms with Crippen LogP contribution in [0.3, 0.4) is 0 Å². The highest BCUT2D eigenvalue weighted by molar-refractivity contribution is 5.84. The molecule has 0 bridgehead atoms. The summed E-state index contributed by atoms with van der Waals surface area (Å²) in [5.74, 6) is 0.722. The number of aromatic nitrogens is 1. The molecule has 3 heterocycles. The van der Waals surface area contributed by atoms with Gasteiger partial charge in [-0.25, -0.2) is 0 Å². The van der Waals surface area contributed by atoms with Gasteiger partial charge in [0, 0.05) is 48.3 Å². The molecule has 2 aromatic rings. The van der Waals surface area contributed by atoms with E-state index in [1.54, 1.807) is 5.56 Å². The molecule has 1 aromatic carbocycles. The van der Waals surface area contributed by atoms with Crippen molar-refractivity contribution >= 4 is 10.9 Å². The van der Waals surface area contributed by atoms with Gasteiger partial charge in [0.1, 0.15) is 0 Å². The number of likely N-dealkylation sites (N-methyl/N-ethyl adjacent to an activating group) is 1. The molecule has 2 aliphatic heterocycles. The lowest BCUT2D eigenvalue weighted by Crippen LogP contribution is -2.59. The first kappa shape index (κ1) is 13.4. The molecule has 3 nitrogen and oxygen atoms in total. The minimum Gasteiger partial charge on any atom is -0.357 e. The van der Waals surface area contributed by atoms with E-state index >= 15 is 0 Å². The van der Waals surface area contributed by atoms with E-state index in [1.165, 1.54) is 36.1 Å². The normalized spacial score (nSPS) is 27.0. The average Bonchev–Trinajstić information content (AvgIpc) is 2.81. The van der Waals surface area contributed by atoms with E-state index in [0.717, 1.165) is 12.5 Å². The van der Waals surface area contributed by atoms with Crippen LogP contribution in [0.4, 0.5) is 0 Å². The van der Waals surface area contributed by atoms with Crippen LogP contribution < -0.4 is 0 Å². The zero-order valence-corrected chi connectivity index (χ0v) is 13.3. The lowest BCUT2D eigenvalue weighted by Gasteiger charge is -2.48. The first-order valence-electron chi connectivity index (χ1n) is 8.16. The first-order chi connectivity index (χ1) is 10.1. The minimum atomic E-state index is 0.678. The van der Waals surface area contributed by atoms with Gasteiger partial charge in [0.05, 0.1) is 0 Å². The summed E-state index contributed by atoms with van der Waals surface area (Å²) in [7, 11) is 2.30. The molecule has 1 aromatic heterocycles. The number of nitrogens with one attached hydrogen (secondary N) is 1. The van der Waals surface area contributed by atoms with E-state index in [1.807, 2.05) is 0 Å². The van der Waals surface area contributed by atoms with Crippen LogP contribution in [0.15, 0.2) is 24.3 Å². The van der Waals surface area contributed by atoms with Crippen molar-refractivity contribution in [2.24, 2.45) is 5.92 Å². The fourth-order valence-electron chi connectivity index (χ4n) is 4.28. The Morgan fingerprint density at radius 2 is 2.00 bits per heavy atom. The molecule has 0 amide bonds.